The summed E-state index contributed by atoms with van der Waals surface area (Å²) >= 11 is 3.18. The van der Waals surface area contributed by atoms with Gasteiger partial charge in [0.05, 0.1) is 5.75 Å². The number of thioether (sulfide) groups is 1. The lowest BCUT2D eigenvalue weighted by Crippen LogP contribution is -2.45. The van der Waals surface area contributed by atoms with Crippen LogP contribution in [0, 0.1) is 5.92 Å². The van der Waals surface area contributed by atoms with E-state index in [1.807, 2.05) is 6.92 Å². The molecule has 0 saturated carbocycles. The molecule has 27 heavy (non-hydrogen) atoms. The number of thiophene rings is 1. The number of aromatic nitrogens is 2. The maximum Gasteiger partial charge on any atom is 0.242 e. The molecule has 146 valence electrons. The van der Waals surface area contributed by atoms with Crippen LogP contribution in [0.2, 0.25) is 0 Å². The van der Waals surface area contributed by atoms with Crippen LogP contribution in [0.25, 0.3) is 10.2 Å². The van der Waals surface area contributed by atoms with Crippen LogP contribution in [0.1, 0.15) is 44.1 Å². The van der Waals surface area contributed by atoms with Gasteiger partial charge in [-0.2, -0.15) is 0 Å². The van der Waals surface area contributed by atoms with Crippen molar-refractivity contribution in [1.29, 1.82) is 0 Å². The Labute approximate surface area is 167 Å². The van der Waals surface area contributed by atoms with E-state index in [1.165, 1.54) is 28.6 Å². The van der Waals surface area contributed by atoms with Gasteiger partial charge in [0.15, 0.2) is 0 Å². The first kappa shape index (κ1) is 20.1. The molecule has 8 heteroatoms. The largest absolute Gasteiger partial charge is 0.354 e. The number of rotatable bonds is 7. The zero-order chi connectivity index (χ0) is 19.4. The fourth-order valence-electron chi connectivity index (χ4n) is 3.24. The first-order chi connectivity index (χ1) is 13.0. The number of aryl methyl sites for hydroxylation is 1. The molecular formula is C19H26N4O2S2. The average molecular weight is 407 g/mol. The summed E-state index contributed by atoms with van der Waals surface area (Å²) in [5.41, 5.74) is 1.36. The zero-order valence-corrected chi connectivity index (χ0v) is 17.6. The van der Waals surface area contributed by atoms with Gasteiger partial charge in [0, 0.05) is 16.8 Å². The van der Waals surface area contributed by atoms with Crippen molar-refractivity contribution < 1.29 is 9.59 Å². The Bertz CT molecular complexity index is 836. The van der Waals surface area contributed by atoms with Crippen LogP contribution in [0.3, 0.4) is 0 Å². The molecule has 2 aromatic rings. The number of nitrogens with zero attached hydrogens (tertiary/aromatic N) is 2. The quantitative estimate of drug-likeness (QED) is 0.546. The third-order valence-corrected chi connectivity index (χ3v) is 6.87. The van der Waals surface area contributed by atoms with Crippen molar-refractivity contribution in [3.05, 3.63) is 16.8 Å². The number of nitrogens with one attached hydrogen (secondary N) is 2. The van der Waals surface area contributed by atoms with Crippen LogP contribution in [-0.2, 0) is 22.4 Å². The Morgan fingerprint density at radius 2 is 2.22 bits per heavy atom. The van der Waals surface area contributed by atoms with Crippen molar-refractivity contribution >= 4 is 45.1 Å². The third kappa shape index (κ3) is 4.79. The summed E-state index contributed by atoms with van der Waals surface area (Å²) in [6.45, 7) is 6.60. The molecule has 2 amide bonds. The zero-order valence-electron chi connectivity index (χ0n) is 16.0. The second-order valence-corrected chi connectivity index (χ2v) is 9.13. The molecule has 0 aliphatic heterocycles. The van der Waals surface area contributed by atoms with Gasteiger partial charge in [-0.05, 0) is 44.1 Å². The highest BCUT2D eigenvalue weighted by Crippen LogP contribution is 2.40. The average Bonchev–Trinajstić information content (AvgIpc) is 3.02. The predicted molar refractivity (Wildman–Crippen MR) is 110 cm³/mol. The molecule has 0 spiro atoms. The lowest BCUT2D eigenvalue weighted by molar-refractivity contribution is -0.127. The molecule has 0 unspecified atom stereocenters. The van der Waals surface area contributed by atoms with Crippen LogP contribution < -0.4 is 10.6 Å². The standard InChI is InChI=1S/C19H26N4O2S2/c1-4-7-20-17(25)12(3)23-15(24)9-26-18-16-13-6-5-11(2)8-14(13)27-19(16)22-10-21-18/h10-12H,4-9H2,1-3H3,(H,20,25)(H,23,24)/t11-,12-/m1/s1. The van der Waals surface area contributed by atoms with E-state index in [-0.39, 0.29) is 17.6 Å². The van der Waals surface area contributed by atoms with Gasteiger partial charge in [-0.25, -0.2) is 9.97 Å². The lowest BCUT2D eigenvalue weighted by Gasteiger charge is -2.18. The number of carbonyl (C=O) groups is 2. The molecule has 3 rings (SSSR count). The number of amides is 2. The van der Waals surface area contributed by atoms with Gasteiger partial charge < -0.3 is 10.6 Å². The molecule has 0 radical (unpaired) electrons. The molecule has 6 nitrogen and oxygen atoms in total. The van der Waals surface area contributed by atoms with Crippen molar-refractivity contribution in [2.45, 2.75) is 57.5 Å². The summed E-state index contributed by atoms with van der Waals surface area (Å²) in [6.07, 6.45) is 5.79. The summed E-state index contributed by atoms with van der Waals surface area (Å²) in [4.78, 5) is 35.4. The fourth-order valence-corrected chi connectivity index (χ4v) is 5.49. The number of carbonyl (C=O) groups excluding carboxylic acids is 2. The van der Waals surface area contributed by atoms with Crippen LogP contribution in [0.4, 0.5) is 0 Å². The van der Waals surface area contributed by atoms with Crippen LogP contribution in [0.15, 0.2) is 11.4 Å². The number of hydrogen-bond acceptors (Lipinski definition) is 6. The normalized spacial score (nSPS) is 17.4. The highest BCUT2D eigenvalue weighted by atomic mass is 32.2. The molecular weight excluding hydrogens is 380 g/mol. The SMILES string of the molecule is CCCNC(=O)[C@@H](C)NC(=O)CSc1ncnc2sc3c(c12)CC[C@@H](C)C3. The van der Waals surface area contributed by atoms with Gasteiger partial charge >= 0.3 is 0 Å². The molecule has 2 aromatic heterocycles. The predicted octanol–water partition coefficient (Wildman–Crippen LogP) is 2.94. The van der Waals surface area contributed by atoms with Crippen LogP contribution in [-0.4, -0.2) is 40.1 Å². The second-order valence-electron chi connectivity index (χ2n) is 7.08. The minimum atomic E-state index is -0.537. The molecule has 1 aliphatic rings. The molecule has 1 aliphatic carbocycles. The Balaban J connectivity index is 1.65. The maximum atomic E-state index is 12.3. The first-order valence-corrected chi connectivity index (χ1v) is 11.2. The molecule has 2 atom stereocenters. The van der Waals surface area contributed by atoms with Crippen molar-refractivity contribution in [3.63, 3.8) is 0 Å². The molecule has 0 aromatic carbocycles. The van der Waals surface area contributed by atoms with E-state index in [4.69, 9.17) is 0 Å². The van der Waals surface area contributed by atoms with E-state index in [0.717, 1.165) is 34.5 Å². The monoisotopic (exact) mass is 406 g/mol. The highest BCUT2D eigenvalue weighted by Gasteiger charge is 2.23. The maximum absolute atomic E-state index is 12.3. The van der Waals surface area contributed by atoms with Crippen molar-refractivity contribution in [1.82, 2.24) is 20.6 Å². The summed E-state index contributed by atoms with van der Waals surface area (Å²) in [5.74, 6) is 0.628. The summed E-state index contributed by atoms with van der Waals surface area (Å²) in [7, 11) is 0. The van der Waals surface area contributed by atoms with Gasteiger partial charge in [0.2, 0.25) is 11.8 Å². The van der Waals surface area contributed by atoms with E-state index in [9.17, 15) is 9.59 Å². The Kier molecular flexibility index (Phi) is 6.70. The van der Waals surface area contributed by atoms with Crippen molar-refractivity contribution in [3.8, 4) is 0 Å². The van der Waals surface area contributed by atoms with Gasteiger partial charge in [-0.15, -0.1) is 11.3 Å². The minimum absolute atomic E-state index is 0.152. The van der Waals surface area contributed by atoms with E-state index in [1.54, 1.807) is 24.6 Å². The Morgan fingerprint density at radius 3 is 3.00 bits per heavy atom. The van der Waals surface area contributed by atoms with Gasteiger partial charge in [-0.3, -0.25) is 9.59 Å². The van der Waals surface area contributed by atoms with E-state index >= 15 is 0 Å². The molecule has 0 bridgehead atoms. The van der Waals surface area contributed by atoms with Crippen LogP contribution >= 0.6 is 23.1 Å². The Hall–Kier alpha value is -1.67. The number of hydrogen-bond donors (Lipinski definition) is 2. The van der Waals surface area contributed by atoms with E-state index < -0.39 is 6.04 Å². The molecule has 0 saturated heterocycles. The van der Waals surface area contributed by atoms with E-state index in [0.29, 0.717) is 12.5 Å². The molecule has 2 heterocycles. The molecule has 2 N–H and O–H groups in total. The smallest absolute Gasteiger partial charge is 0.242 e. The number of fused-ring (bicyclic) bond motifs is 3. The Morgan fingerprint density at radius 1 is 1.41 bits per heavy atom. The van der Waals surface area contributed by atoms with Crippen molar-refractivity contribution in [2.75, 3.05) is 12.3 Å². The third-order valence-electron chi connectivity index (χ3n) is 4.72. The lowest BCUT2D eigenvalue weighted by atomic mass is 9.89. The highest BCUT2D eigenvalue weighted by molar-refractivity contribution is 8.00. The summed E-state index contributed by atoms with van der Waals surface area (Å²) < 4.78 is 0. The van der Waals surface area contributed by atoms with Crippen LogP contribution in [0.5, 0.6) is 0 Å². The summed E-state index contributed by atoms with van der Waals surface area (Å²) in [6, 6.07) is -0.537. The first-order valence-electron chi connectivity index (χ1n) is 9.44. The van der Waals surface area contributed by atoms with Crippen molar-refractivity contribution in [2.24, 2.45) is 5.92 Å². The summed E-state index contributed by atoms with van der Waals surface area (Å²) in [5, 5.41) is 7.53. The molecule has 0 fully saturated rings. The van der Waals surface area contributed by atoms with E-state index in [2.05, 4.69) is 27.5 Å². The minimum Gasteiger partial charge on any atom is -0.354 e. The van der Waals surface area contributed by atoms with Gasteiger partial charge in [-0.1, -0.05) is 25.6 Å². The second kappa shape index (κ2) is 9.01. The van der Waals surface area contributed by atoms with Gasteiger partial charge in [0.1, 0.15) is 22.2 Å². The van der Waals surface area contributed by atoms with Gasteiger partial charge in [0.25, 0.3) is 0 Å². The fraction of sp³-hybridized carbons (Fsp3) is 0.579. The topological polar surface area (TPSA) is 84.0 Å².